The van der Waals surface area contributed by atoms with E-state index in [4.69, 9.17) is 16.7 Å². The lowest BCUT2D eigenvalue weighted by molar-refractivity contribution is -0.138. The molecule has 0 saturated carbocycles. The molecule has 4 nitrogen and oxygen atoms in total. The van der Waals surface area contributed by atoms with Gasteiger partial charge < -0.3 is 10.0 Å². The number of carbonyl (C=O) groups is 1. The normalized spacial score (nSPS) is 19.3. The summed E-state index contributed by atoms with van der Waals surface area (Å²) in [6.45, 7) is 3.67. The summed E-state index contributed by atoms with van der Waals surface area (Å²) >= 11 is 6.22. The fraction of sp³-hybridized carbons (Fsp3) is 0.500. The molecular formula is C14H19ClN2O2. The van der Waals surface area contributed by atoms with Gasteiger partial charge in [-0.25, -0.2) is 0 Å². The van der Waals surface area contributed by atoms with Gasteiger partial charge in [0.05, 0.1) is 6.42 Å². The Kier molecular flexibility index (Phi) is 4.80. The maximum absolute atomic E-state index is 11.1. The van der Waals surface area contributed by atoms with E-state index in [0.717, 1.165) is 31.7 Å². The first-order valence-electron chi connectivity index (χ1n) is 6.46. The summed E-state index contributed by atoms with van der Waals surface area (Å²) in [5.41, 5.74) is 0.913. The van der Waals surface area contributed by atoms with Crippen molar-refractivity contribution in [1.29, 1.82) is 0 Å². The molecule has 0 aliphatic carbocycles. The highest BCUT2D eigenvalue weighted by Crippen LogP contribution is 2.30. The zero-order valence-corrected chi connectivity index (χ0v) is 11.8. The molecule has 1 fully saturated rings. The van der Waals surface area contributed by atoms with Crippen LogP contribution in [0.15, 0.2) is 24.3 Å². The number of hydrogen-bond acceptors (Lipinski definition) is 3. The molecule has 1 atom stereocenters. The van der Waals surface area contributed by atoms with Crippen molar-refractivity contribution in [2.24, 2.45) is 0 Å². The second-order valence-corrected chi connectivity index (χ2v) is 5.38. The SMILES string of the molecule is CN1CCN(C(CC(=O)O)c2ccccc2Cl)CC1. The number of carboxylic acids is 1. The van der Waals surface area contributed by atoms with Gasteiger partial charge in [-0.05, 0) is 18.7 Å². The number of benzene rings is 1. The van der Waals surface area contributed by atoms with E-state index >= 15 is 0 Å². The summed E-state index contributed by atoms with van der Waals surface area (Å²) in [5, 5.41) is 9.78. The van der Waals surface area contributed by atoms with E-state index in [9.17, 15) is 4.79 Å². The van der Waals surface area contributed by atoms with Crippen LogP contribution in [0.2, 0.25) is 5.02 Å². The second-order valence-electron chi connectivity index (χ2n) is 4.97. The van der Waals surface area contributed by atoms with Gasteiger partial charge in [-0.2, -0.15) is 0 Å². The molecule has 1 aromatic rings. The van der Waals surface area contributed by atoms with Gasteiger partial charge in [0, 0.05) is 37.2 Å². The Morgan fingerprint density at radius 3 is 2.53 bits per heavy atom. The Bertz CT molecular complexity index is 445. The minimum atomic E-state index is -0.788. The number of piperazine rings is 1. The van der Waals surface area contributed by atoms with Crippen molar-refractivity contribution >= 4 is 17.6 Å². The standard InChI is InChI=1S/C14H19ClN2O2/c1-16-6-8-17(9-7-16)13(10-14(18)19)11-4-2-3-5-12(11)15/h2-5,13H,6-10H2,1H3,(H,18,19). The number of rotatable bonds is 4. The van der Waals surface area contributed by atoms with Crippen molar-refractivity contribution in [3.05, 3.63) is 34.9 Å². The van der Waals surface area contributed by atoms with Gasteiger partial charge in [0.1, 0.15) is 0 Å². The van der Waals surface area contributed by atoms with E-state index in [1.165, 1.54) is 0 Å². The third-order valence-corrected chi connectivity index (χ3v) is 3.96. The van der Waals surface area contributed by atoms with Crippen molar-refractivity contribution < 1.29 is 9.90 Å². The number of nitrogens with zero attached hydrogens (tertiary/aromatic N) is 2. The van der Waals surface area contributed by atoms with Gasteiger partial charge in [-0.1, -0.05) is 29.8 Å². The minimum absolute atomic E-state index is 0.0907. The van der Waals surface area contributed by atoms with Crippen LogP contribution >= 0.6 is 11.6 Å². The largest absolute Gasteiger partial charge is 0.481 e. The first kappa shape index (κ1) is 14.3. The Balaban J connectivity index is 2.21. The lowest BCUT2D eigenvalue weighted by Gasteiger charge is -2.37. The van der Waals surface area contributed by atoms with E-state index in [2.05, 4.69) is 16.8 Å². The molecule has 0 spiro atoms. The predicted molar refractivity (Wildman–Crippen MR) is 75.5 cm³/mol. The van der Waals surface area contributed by atoms with E-state index in [0.29, 0.717) is 5.02 Å². The molecule has 1 aliphatic heterocycles. The van der Waals surface area contributed by atoms with Gasteiger partial charge in [-0.15, -0.1) is 0 Å². The number of likely N-dealkylation sites (N-methyl/N-ethyl adjacent to an activating group) is 1. The maximum atomic E-state index is 11.1. The zero-order chi connectivity index (χ0) is 13.8. The van der Waals surface area contributed by atoms with E-state index in [-0.39, 0.29) is 12.5 Å². The monoisotopic (exact) mass is 282 g/mol. The third kappa shape index (κ3) is 3.69. The van der Waals surface area contributed by atoms with Crippen molar-refractivity contribution in [3.63, 3.8) is 0 Å². The average Bonchev–Trinajstić information content (AvgIpc) is 2.38. The molecule has 0 bridgehead atoms. The van der Waals surface area contributed by atoms with E-state index in [1.54, 1.807) is 0 Å². The fourth-order valence-electron chi connectivity index (χ4n) is 2.48. The first-order chi connectivity index (χ1) is 9.08. The summed E-state index contributed by atoms with van der Waals surface area (Å²) in [6.07, 6.45) is 0.0907. The summed E-state index contributed by atoms with van der Waals surface area (Å²) in [6, 6.07) is 7.38. The van der Waals surface area contributed by atoms with Crippen molar-refractivity contribution in [1.82, 2.24) is 9.80 Å². The fourth-order valence-corrected chi connectivity index (χ4v) is 2.74. The van der Waals surface area contributed by atoms with Crippen LogP contribution in [0.3, 0.4) is 0 Å². The predicted octanol–water partition coefficient (Wildman–Crippen LogP) is 2.10. The van der Waals surface area contributed by atoms with Crippen LogP contribution in [-0.2, 0) is 4.79 Å². The summed E-state index contributed by atoms with van der Waals surface area (Å²) in [5.74, 6) is -0.788. The molecular weight excluding hydrogens is 264 g/mol. The average molecular weight is 283 g/mol. The third-order valence-electron chi connectivity index (χ3n) is 3.61. The first-order valence-corrected chi connectivity index (χ1v) is 6.84. The number of halogens is 1. The van der Waals surface area contributed by atoms with Crippen molar-refractivity contribution in [3.8, 4) is 0 Å². The highest BCUT2D eigenvalue weighted by molar-refractivity contribution is 6.31. The molecule has 1 saturated heterocycles. The lowest BCUT2D eigenvalue weighted by atomic mass is 10.0. The Labute approximate surface area is 118 Å². The van der Waals surface area contributed by atoms with E-state index < -0.39 is 5.97 Å². The van der Waals surface area contributed by atoms with E-state index in [1.807, 2.05) is 24.3 Å². The van der Waals surface area contributed by atoms with Crippen LogP contribution in [-0.4, -0.2) is 54.1 Å². The van der Waals surface area contributed by atoms with Gasteiger partial charge in [0.15, 0.2) is 0 Å². The van der Waals surface area contributed by atoms with Gasteiger partial charge in [-0.3, -0.25) is 9.69 Å². The van der Waals surface area contributed by atoms with Crippen LogP contribution in [0.5, 0.6) is 0 Å². The summed E-state index contributed by atoms with van der Waals surface area (Å²) in [4.78, 5) is 15.6. The Morgan fingerprint density at radius 2 is 1.95 bits per heavy atom. The molecule has 0 radical (unpaired) electrons. The quantitative estimate of drug-likeness (QED) is 0.919. The Morgan fingerprint density at radius 1 is 1.32 bits per heavy atom. The molecule has 1 unspecified atom stereocenters. The van der Waals surface area contributed by atoms with Crippen molar-refractivity contribution in [2.75, 3.05) is 33.2 Å². The lowest BCUT2D eigenvalue weighted by Crippen LogP contribution is -2.46. The highest BCUT2D eigenvalue weighted by Gasteiger charge is 2.27. The molecule has 104 valence electrons. The van der Waals surface area contributed by atoms with Crippen LogP contribution in [0.25, 0.3) is 0 Å². The summed E-state index contributed by atoms with van der Waals surface area (Å²) in [7, 11) is 2.08. The molecule has 5 heteroatoms. The summed E-state index contributed by atoms with van der Waals surface area (Å²) < 4.78 is 0. The van der Waals surface area contributed by atoms with Gasteiger partial charge in [0.2, 0.25) is 0 Å². The van der Waals surface area contributed by atoms with Crippen LogP contribution in [0.4, 0.5) is 0 Å². The smallest absolute Gasteiger partial charge is 0.305 e. The second kappa shape index (κ2) is 6.37. The highest BCUT2D eigenvalue weighted by atomic mass is 35.5. The van der Waals surface area contributed by atoms with Crippen LogP contribution in [0, 0.1) is 0 Å². The maximum Gasteiger partial charge on any atom is 0.305 e. The molecule has 19 heavy (non-hydrogen) atoms. The molecule has 1 N–H and O–H groups in total. The number of aliphatic carboxylic acids is 1. The molecule has 0 aromatic heterocycles. The Hall–Kier alpha value is -1.10. The molecule has 0 amide bonds. The zero-order valence-electron chi connectivity index (χ0n) is 11.1. The molecule has 1 heterocycles. The number of carboxylic acid groups (broad SMARTS) is 1. The van der Waals surface area contributed by atoms with Gasteiger partial charge >= 0.3 is 5.97 Å². The molecule has 2 rings (SSSR count). The minimum Gasteiger partial charge on any atom is -0.481 e. The van der Waals surface area contributed by atoms with Gasteiger partial charge in [0.25, 0.3) is 0 Å². The van der Waals surface area contributed by atoms with Crippen LogP contribution in [0.1, 0.15) is 18.0 Å². The topological polar surface area (TPSA) is 43.8 Å². The number of hydrogen-bond donors (Lipinski definition) is 1. The van der Waals surface area contributed by atoms with Crippen molar-refractivity contribution in [2.45, 2.75) is 12.5 Å². The molecule has 1 aliphatic rings. The molecule has 1 aromatic carbocycles. The van der Waals surface area contributed by atoms with Crippen LogP contribution < -0.4 is 0 Å².